The summed E-state index contributed by atoms with van der Waals surface area (Å²) in [5.74, 6) is 0. The molecule has 0 saturated heterocycles. The zero-order valence-corrected chi connectivity index (χ0v) is 11.9. The molecule has 1 N–H and O–H groups in total. The van der Waals surface area contributed by atoms with Crippen molar-refractivity contribution in [2.24, 2.45) is 0 Å². The van der Waals surface area contributed by atoms with Gasteiger partial charge in [-0.2, -0.15) is 0 Å². The largest absolute Gasteiger partial charge is 0.313 e. The van der Waals surface area contributed by atoms with Crippen molar-refractivity contribution in [3.8, 4) is 0 Å². The minimum atomic E-state index is 0.894. The molecule has 0 amide bonds. The Bertz CT molecular complexity index is 357. The van der Waals surface area contributed by atoms with E-state index in [2.05, 4.69) is 54.7 Å². The first-order chi connectivity index (χ1) is 8.65. The first-order valence-electron chi connectivity index (χ1n) is 6.67. The molecule has 1 aromatic rings. The Hall–Kier alpha value is -1.19. The summed E-state index contributed by atoms with van der Waals surface area (Å²) in [5, 5.41) is 3.30. The maximum absolute atomic E-state index is 4.52. The van der Waals surface area contributed by atoms with E-state index < -0.39 is 0 Å². The maximum Gasteiger partial charge on any atom is 0.0544 e. The Kier molecular flexibility index (Phi) is 6.61. The molecule has 1 aromatic heterocycles. The van der Waals surface area contributed by atoms with E-state index in [1.54, 1.807) is 0 Å². The zero-order valence-electron chi connectivity index (χ0n) is 11.9. The average molecular weight is 247 g/mol. The number of nitrogens with one attached hydrogen (secondary N) is 1. The van der Waals surface area contributed by atoms with Gasteiger partial charge in [0.05, 0.1) is 5.69 Å². The number of hydrogen-bond acceptors (Lipinski definition) is 3. The van der Waals surface area contributed by atoms with Crippen LogP contribution in [0.25, 0.3) is 0 Å². The summed E-state index contributed by atoms with van der Waals surface area (Å²) < 4.78 is 0. The van der Waals surface area contributed by atoms with Gasteiger partial charge >= 0.3 is 0 Å². The fraction of sp³-hybridized carbons (Fsp3) is 0.533. The lowest BCUT2D eigenvalue weighted by molar-refractivity contribution is 0.301. The summed E-state index contributed by atoms with van der Waals surface area (Å²) in [7, 11) is 0. The third-order valence-electron chi connectivity index (χ3n) is 2.79. The van der Waals surface area contributed by atoms with E-state index in [4.69, 9.17) is 0 Å². The predicted octanol–water partition coefficient (Wildman–Crippen LogP) is 2.59. The molecule has 1 heterocycles. The van der Waals surface area contributed by atoms with Crippen LogP contribution in [0.5, 0.6) is 0 Å². The fourth-order valence-electron chi connectivity index (χ4n) is 1.81. The number of likely N-dealkylation sites (N-methyl/N-ethyl adjacent to an activating group) is 1. The van der Waals surface area contributed by atoms with Crippen molar-refractivity contribution in [3.05, 3.63) is 41.7 Å². The van der Waals surface area contributed by atoms with Gasteiger partial charge in [-0.05, 0) is 31.6 Å². The average Bonchev–Trinajstić information content (AvgIpc) is 2.36. The number of hydrogen-bond donors (Lipinski definition) is 1. The summed E-state index contributed by atoms with van der Waals surface area (Å²) in [6.45, 7) is 15.0. The molecule has 1 rings (SSSR count). The van der Waals surface area contributed by atoms with Crippen LogP contribution in [0.3, 0.4) is 0 Å². The highest BCUT2D eigenvalue weighted by Crippen LogP contribution is 2.05. The molecule has 0 saturated carbocycles. The van der Waals surface area contributed by atoms with Gasteiger partial charge in [0.1, 0.15) is 0 Å². The minimum Gasteiger partial charge on any atom is -0.313 e. The van der Waals surface area contributed by atoms with Crippen LogP contribution in [0.15, 0.2) is 30.5 Å². The van der Waals surface area contributed by atoms with Gasteiger partial charge in [0.2, 0.25) is 0 Å². The van der Waals surface area contributed by atoms with Crippen LogP contribution in [0.4, 0.5) is 0 Å². The summed E-state index contributed by atoms with van der Waals surface area (Å²) in [4.78, 5) is 6.86. The third-order valence-corrected chi connectivity index (χ3v) is 2.79. The Balaban J connectivity index is 2.53. The van der Waals surface area contributed by atoms with Crippen LogP contribution in [-0.4, -0.2) is 29.5 Å². The van der Waals surface area contributed by atoms with Gasteiger partial charge in [0.25, 0.3) is 0 Å². The number of aromatic nitrogens is 1. The van der Waals surface area contributed by atoms with Crippen molar-refractivity contribution >= 4 is 0 Å². The zero-order chi connectivity index (χ0) is 13.4. The second-order valence-electron chi connectivity index (χ2n) is 4.70. The summed E-state index contributed by atoms with van der Waals surface area (Å²) >= 11 is 0. The molecule has 18 heavy (non-hydrogen) atoms. The minimum absolute atomic E-state index is 0.894. The Labute approximate surface area is 111 Å². The van der Waals surface area contributed by atoms with Crippen LogP contribution in [0.2, 0.25) is 0 Å². The van der Waals surface area contributed by atoms with E-state index in [1.807, 2.05) is 6.20 Å². The molecule has 0 radical (unpaired) electrons. The highest BCUT2D eigenvalue weighted by Gasteiger charge is 2.04. The summed E-state index contributed by atoms with van der Waals surface area (Å²) in [6, 6.07) is 4.27. The first kappa shape index (κ1) is 14.9. The van der Waals surface area contributed by atoms with Crippen molar-refractivity contribution in [1.82, 2.24) is 15.2 Å². The van der Waals surface area contributed by atoms with Crippen LogP contribution in [0.1, 0.15) is 32.0 Å². The molecule has 0 spiro atoms. The van der Waals surface area contributed by atoms with Gasteiger partial charge in [-0.3, -0.25) is 9.88 Å². The fourth-order valence-corrected chi connectivity index (χ4v) is 1.81. The van der Waals surface area contributed by atoms with Crippen molar-refractivity contribution < 1.29 is 0 Å². The molecule has 0 bridgehead atoms. The molecule has 0 atom stereocenters. The van der Waals surface area contributed by atoms with Crippen molar-refractivity contribution in [3.63, 3.8) is 0 Å². The molecule has 100 valence electrons. The molecule has 0 aromatic carbocycles. The first-order valence-corrected chi connectivity index (χ1v) is 6.67. The lowest BCUT2D eigenvalue weighted by atomic mass is 10.2. The summed E-state index contributed by atoms with van der Waals surface area (Å²) in [5.41, 5.74) is 3.56. The summed E-state index contributed by atoms with van der Waals surface area (Å²) in [6.07, 6.45) is 1.96. The normalized spacial score (nSPS) is 10.9. The highest BCUT2D eigenvalue weighted by atomic mass is 15.1. The monoisotopic (exact) mass is 247 g/mol. The topological polar surface area (TPSA) is 28.2 Å². The van der Waals surface area contributed by atoms with Crippen molar-refractivity contribution in [2.75, 3.05) is 19.6 Å². The quantitative estimate of drug-likeness (QED) is 0.716. The molecule has 0 unspecified atom stereocenters. The van der Waals surface area contributed by atoms with Gasteiger partial charge in [0, 0.05) is 25.8 Å². The molecule has 0 fully saturated rings. The van der Waals surface area contributed by atoms with Crippen LogP contribution >= 0.6 is 0 Å². The Morgan fingerprint density at radius 3 is 2.67 bits per heavy atom. The lowest BCUT2D eigenvalue weighted by Crippen LogP contribution is -2.25. The highest BCUT2D eigenvalue weighted by molar-refractivity contribution is 5.14. The predicted molar refractivity (Wildman–Crippen MR) is 77.4 cm³/mol. The van der Waals surface area contributed by atoms with Gasteiger partial charge in [-0.25, -0.2) is 0 Å². The van der Waals surface area contributed by atoms with Gasteiger partial charge in [0.15, 0.2) is 0 Å². The second kappa shape index (κ2) is 8.01. The van der Waals surface area contributed by atoms with E-state index in [1.165, 1.54) is 11.1 Å². The molecule has 3 heteroatoms. The molecule has 3 nitrogen and oxygen atoms in total. The number of rotatable bonds is 8. The Morgan fingerprint density at radius 2 is 2.17 bits per heavy atom. The lowest BCUT2D eigenvalue weighted by Gasteiger charge is -2.19. The Morgan fingerprint density at radius 1 is 1.39 bits per heavy atom. The molecular formula is C15H25N3. The van der Waals surface area contributed by atoms with E-state index in [9.17, 15) is 0 Å². The van der Waals surface area contributed by atoms with Crippen LogP contribution < -0.4 is 5.32 Å². The second-order valence-corrected chi connectivity index (χ2v) is 4.70. The van der Waals surface area contributed by atoms with E-state index in [0.29, 0.717) is 0 Å². The van der Waals surface area contributed by atoms with Gasteiger partial charge in [-0.1, -0.05) is 32.1 Å². The molecule has 0 aliphatic rings. The molecule has 0 aliphatic heterocycles. The maximum atomic E-state index is 4.52. The van der Waals surface area contributed by atoms with Crippen LogP contribution in [0, 0.1) is 0 Å². The van der Waals surface area contributed by atoms with E-state index >= 15 is 0 Å². The molecule has 0 aliphatic carbocycles. The smallest absolute Gasteiger partial charge is 0.0544 e. The van der Waals surface area contributed by atoms with E-state index in [-0.39, 0.29) is 0 Å². The SMILES string of the molecule is C=C(C)CN(CC)Cc1ccc(CNCC)cn1. The van der Waals surface area contributed by atoms with E-state index in [0.717, 1.165) is 38.4 Å². The standard InChI is InChI=1S/C15H25N3/c1-5-16-9-14-7-8-15(17-10-14)12-18(6-2)11-13(3)4/h7-8,10,16H,3,5-6,9,11-12H2,1-2,4H3. The number of nitrogens with zero attached hydrogens (tertiary/aromatic N) is 2. The molecular weight excluding hydrogens is 222 g/mol. The van der Waals surface area contributed by atoms with Crippen LogP contribution in [-0.2, 0) is 13.1 Å². The third kappa shape index (κ3) is 5.43. The van der Waals surface area contributed by atoms with Crippen molar-refractivity contribution in [1.29, 1.82) is 0 Å². The van der Waals surface area contributed by atoms with Gasteiger partial charge in [-0.15, -0.1) is 0 Å². The van der Waals surface area contributed by atoms with Crippen molar-refractivity contribution in [2.45, 2.75) is 33.9 Å². The number of pyridine rings is 1. The van der Waals surface area contributed by atoms with Gasteiger partial charge < -0.3 is 5.32 Å².